The number of likely N-dealkylation sites (tertiary alicyclic amines) is 1. The Kier molecular flexibility index (Phi) is 6.66. The summed E-state index contributed by atoms with van der Waals surface area (Å²) in [6.45, 7) is 8.57. The Morgan fingerprint density at radius 3 is 2.91 bits per heavy atom. The molecule has 0 aliphatic carbocycles. The van der Waals surface area contributed by atoms with Crippen LogP contribution >= 0.6 is 0 Å². The van der Waals surface area contributed by atoms with Crippen molar-refractivity contribution >= 4 is 22.6 Å². The van der Waals surface area contributed by atoms with E-state index in [-0.39, 0.29) is 24.8 Å². The van der Waals surface area contributed by atoms with Crippen LogP contribution in [-0.4, -0.2) is 63.5 Å². The van der Waals surface area contributed by atoms with Crippen molar-refractivity contribution in [2.75, 3.05) is 19.6 Å². The van der Waals surface area contributed by atoms with Gasteiger partial charge in [0.25, 0.3) is 5.91 Å². The Bertz CT molecular complexity index is 1050. The summed E-state index contributed by atoms with van der Waals surface area (Å²) in [5.41, 5.74) is 12.3. The molecule has 9 heteroatoms. The molecule has 2 aromatic rings. The summed E-state index contributed by atoms with van der Waals surface area (Å²) in [7, 11) is 0. The first-order chi connectivity index (χ1) is 15.4. The number of nitrogens with zero attached hydrogens (tertiary/aromatic N) is 5. The van der Waals surface area contributed by atoms with Crippen LogP contribution in [0.15, 0.2) is 41.0 Å². The molecule has 2 unspecified atom stereocenters. The number of para-hydroxylation sites is 1. The van der Waals surface area contributed by atoms with Gasteiger partial charge in [0.15, 0.2) is 6.29 Å². The molecule has 3 heterocycles. The summed E-state index contributed by atoms with van der Waals surface area (Å²) in [5.74, 6) is 0.692. The standard InChI is InChI=1S/C23H32N8O/c1-15(2)10-12-31-21(28-29-23(31)30-11-6-7-17(24)14-30)22(32)25-13-20-26-16(3)18-8-4-5-9-19(18)27-20/h4-5,8-10,17,23,29H,6-7,11-14,24H2,1-3H3,(H,25,32). The molecule has 1 amide bonds. The van der Waals surface area contributed by atoms with Gasteiger partial charge >= 0.3 is 0 Å². The number of hydrogen-bond donors (Lipinski definition) is 3. The number of allylic oxidation sites excluding steroid dienone is 1. The van der Waals surface area contributed by atoms with Gasteiger partial charge in [-0.25, -0.2) is 9.97 Å². The summed E-state index contributed by atoms with van der Waals surface area (Å²) in [6, 6.07) is 8.01. The number of nitrogens with one attached hydrogen (secondary N) is 2. The van der Waals surface area contributed by atoms with Gasteiger partial charge in [0, 0.05) is 36.8 Å². The van der Waals surface area contributed by atoms with Crippen molar-refractivity contribution in [3.8, 4) is 0 Å². The number of rotatable bonds is 6. The van der Waals surface area contributed by atoms with Crippen LogP contribution < -0.4 is 16.5 Å². The van der Waals surface area contributed by atoms with E-state index in [9.17, 15) is 4.79 Å². The number of amidine groups is 1. The van der Waals surface area contributed by atoms with Crippen molar-refractivity contribution in [3.05, 3.63) is 47.4 Å². The summed E-state index contributed by atoms with van der Waals surface area (Å²) >= 11 is 0. The molecule has 1 aromatic heterocycles. The number of benzene rings is 1. The number of carbonyl (C=O) groups is 1. The highest BCUT2D eigenvalue weighted by molar-refractivity contribution is 6.38. The van der Waals surface area contributed by atoms with Gasteiger partial charge in [0.1, 0.15) is 5.82 Å². The largest absolute Gasteiger partial charge is 0.342 e. The summed E-state index contributed by atoms with van der Waals surface area (Å²) in [5, 5.41) is 8.34. The minimum atomic E-state index is -0.252. The first-order valence-corrected chi connectivity index (χ1v) is 11.2. The zero-order chi connectivity index (χ0) is 22.7. The minimum Gasteiger partial charge on any atom is -0.342 e. The van der Waals surface area contributed by atoms with Gasteiger partial charge in [-0.15, -0.1) is 0 Å². The van der Waals surface area contributed by atoms with Crippen LogP contribution in [0.3, 0.4) is 0 Å². The molecule has 0 radical (unpaired) electrons. The van der Waals surface area contributed by atoms with Crippen LogP contribution in [0.25, 0.3) is 10.9 Å². The molecular formula is C23H32N8O. The van der Waals surface area contributed by atoms with Crippen molar-refractivity contribution in [1.82, 2.24) is 30.5 Å². The highest BCUT2D eigenvalue weighted by Crippen LogP contribution is 2.18. The van der Waals surface area contributed by atoms with Gasteiger partial charge in [-0.3, -0.25) is 15.1 Å². The van der Waals surface area contributed by atoms with Crippen LogP contribution in [-0.2, 0) is 11.3 Å². The lowest BCUT2D eigenvalue weighted by atomic mass is 10.1. The van der Waals surface area contributed by atoms with Crippen molar-refractivity contribution in [2.24, 2.45) is 10.8 Å². The van der Waals surface area contributed by atoms with E-state index < -0.39 is 0 Å². The lowest BCUT2D eigenvalue weighted by Gasteiger charge is -2.39. The third kappa shape index (κ3) is 4.89. The molecule has 0 saturated carbocycles. The molecule has 1 aromatic carbocycles. The van der Waals surface area contributed by atoms with E-state index in [1.807, 2.05) is 49.9 Å². The number of aromatic nitrogens is 2. The van der Waals surface area contributed by atoms with Crippen LogP contribution in [0.4, 0.5) is 0 Å². The summed E-state index contributed by atoms with van der Waals surface area (Å²) in [6.07, 6.45) is 3.98. The highest BCUT2D eigenvalue weighted by Gasteiger charge is 2.36. The van der Waals surface area contributed by atoms with E-state index in [1.54, 1.807) is 0 Å². The maximum Gasteiger partial charge on any atom is 0.289 e. The molecule has 4 rings (SSSR count). The average Bonchev–Trinajstić information content (AvgIpc) is 3.20. The normalized spacial score (nSPS) is 21.2. The van der Waals surface area contributed by atoms with Crippen LogP contribution in [0.5, 0.6) is 0 Å². The Morgan fingerprint density at radius 2 is 2.12 bits per heavy atom. The molecule has 0 bridgehead atoms. The maximum atomic E-state index is 13.1. The number of amides is 1. The molecule has 2 aliphatic heterocycles. The van der Waals surface area contributed by atoms with E-state index in [2.05, 4.69) is 36.8 Å². The Morgan fingerprint density at radius 1 is 1.31 bits per heavy atom. The van der Waals surface area contributed by atoms with Crippen LogP contribution in [0, 0.1) is 6.92 Å². The van der Waals surface area contributed by atoms with Crippen LogP contribution in [0.1, 0.15) is 38.2 Å². The molecule has 32 heavy (non-hydrogen) atoms. The predicted molar refractivity (Wildman–Crippen MR) is 125 cm³/mol. The quantitative estimate of drug-likeness (QED) is 0.588. The minimum absolute atomic E-state index is 0.141. The fourth-order valence-electron chi connectivity index (χ4n) is 4.17. The second kappa shape index (κ2) is 9.62. The number of nitrogens with two attached hydrogens (primary N) is 1. The fourth-order valence-corrected chi connectivity index (χ4v) is 4.17. The number of hydrogen-bond acceptors (Lipinski definition) is 8. The molecule has 0 spiro atoms. The Hall–Kier alpha value is -3.04. The van der Waals surface area contributed by atoms with Gasteiger partial charge in [-0.2, -0.15) is 5.10 Å². The second-order valence-corrected chi connectivity index (χ2v) is 8.69. The molecule has 9 nitrogen and oxygen atoms in total. The molecule has 1 fully saturated rings. The fraction of sp³-hybridized carbons (Fsp3) is 0.478. The Labute approximate surface area is 188 Å². The lowest BCUT2D eigenvalue weighted by Crippen LogP contribution is -2.58. The SMILES string of the molecule is CC(C)=CCN1C(C(=O)NCc2nc(C)c3ccccc3n2)=NNC1N1CCCC(N)C1. The van der Waals surface area contributed by atoms with Crippen LogP contribution in [0.2, 0.25) is 0 Å². The predicted octanol–water partition coefficient (Wildman–Crippen LogP) is 1.45. The number of hydrazone groups is 1. The zero-order valence-corrected chi connectivity index (χ0v) is 19.0. The van der Waals surface area contributed by atoms with Crippen molar-refractivity contribution < 1.29 is 4.79 Å². The van der Waals surface area contributed by atoms with Crippen molar-refractivity contribution in [3.63, 3.8) is 0 Å². The van der Waals surface area contributed by atoms with Gasteiger partial charge < -0.3 is 16.0 Å². The molecule has 2 aliphatic rings. The first kappa shape index (κ1) is 22.2. The second-order valence-electron chi connectivity index (χ2n) is 8.69. The Balaban J connectivity index is 1.47. The summed E-state index contributed by atoms with van der Waals surface area (Å²) in [4.78, 5) is 26.5. The van der Waals surface area contributed by atoms with Crippen molar-refractivity contribution in [2.45, 2.75) is 52.5 Å². The maximum absolute atomic E-state index is 13.1. The molecule has 4 N–H and O–H groups in total. The van der Waals surface area contributed by atoms with Gasteiger partial charge in [-0.1, -0.05) is 29.8 Å². The van der Waals surface area contributed by atoms with E-state index in [0.29, 0.717) is 18.2 Å². The smallest absolute Gasteiger partial charge is 0.289 e. The van der Waals surface area contributed by atoms with E-state index in [1.165, 1.54) is 5.57 Å². The highest BCUT2D eigenvalue weighted by atomic mass is 16.2. The average molecular weight is 437 g/mol. The van der Waals surface area contributed by atoms with E-state index in [4.69, 9.17) is 5.73 Å². The van der Waals surface area contributed by atoms with Crippen molar-refractivity contribution in [1.29, 1.82) is 0 Å². The van der Waals surface area contributed by atoms with E-state index >= 15 is 0 Å². The van der Waals surface area contributed by atoms with Gasteiger partial charge in [0.2, 0.25) is 5.84 Å². The van der Waals surface area contributed by atoms with Gasteiger partial charge in [-0.05, 0) is 39.7 Å². The monoisotopic (exact) mass is 436 g/mol. The third-order valence-corrected chi connectivity index (χ3v) is 5.83. The summed E-state index contributed by atoms with van der Waals surface area (Å²) < 4.78 is 0. The zero-order valence-electron chi connectivity index (χ0n) is 19.0. The number of aryl methyl sites for hydroxylation is 1. The number of piperidine rings is 1. The molecule has 1 saturated heterocycles. The topological polar surface area (TPSA) is 112 Å². The molecular weight excluding hydrogens is 404 g/mol. The first-order valence-electron chi connectivity index (χ1n) is 11.2. The molecule has 2 atom stereocenters. The lowest BCUT2D eigenvalue weighted by molar-refractivity contribution is -0.115. The number of carbonyl (C=O) groups excluding carboxylic acids is 1. The number of fused-ring (bicyclic) bond motifs is 1. The van der Waals surface area contributed by atoms with Gasteiger partial charge in [0.05, 0.1) is 12.1 Å². The molecule has 170 valence electrons. The van der Waals surface area contributed by atoms with E-state index in [0.717, 1.165) is 42.5 Å². The third-order valence-electron chi connectivity index (χ3n) is 5.83.